The lowest BCUT2D eigenvalue weighted by Crippen LogP contribution is -2.30. The fraction of sp³-hybridized carbons (Fsp3) is 0.667. The van der Waals surface area contributed by atoms with Crippen molar-refractivity contribution >= 4 is 17.9 Å². The van der Waals surface area contributed by atoms with E-state index in [0.717, 1.165) is 64.2 Å². The van der Waals surface area contributed by atoms with E-state index in [2.05, 4.69) is 93.7 Å². The van der Waals surface area contributed by atoms with E-state index in [4.69, 9.17) is 14.2 Å². The van der Waals surface area contributed by atoms with E-state index in [9.17, 15) is 14.4 Å². The van der Waals surface area contributed by atoms with Gasteiger partial charge in [0.1, 0.15) is 13.2 Å². The maximum absolute atomic E-state index is 12.6. The Morgan fingerprint density at radius 3 is 1.30 bits per heavy atom. The molecule has 6 nitrogen and oxygen atoms in total. The zero-order valence-electron chi connectivity index (χ0n) is 36.8. The molecule has 0 N–H and O–H groups in total. The number of carbonyl (C=O) groups is 3. The molecule has 0 rings (SSSR count). The fourth-order valence-corrected chi connectivity index (χ4v) is 5.99. The molecule has 1 unspecified atom stereocenters. The first-order valence-electron chi connectivity index (χ1n) is 23.1. The quantitative estimate of drug-likeness (QED) is 0.0266. The largest absolute Gasteiger partial charge is 0.462 e. The number of allylic oxidation sites excluding steroid dienone is 13. The van der Waals surface area contributed by atoms with Crippen molar-refractivity contribution in [3.8, 4) is 0 Å². The molecule has 324 valence electrons. The molecule has 1 atom stereocenters. The van der Waals surface area contributed by atoms with E-state index < -0.39 is 18.0 Å². The minimum atomic E-state index is -0.837. The van der Waals surface area contributed by atoms with Crippen molar-refractivity contribution in [1.29, 1.82) is 0 Å². The molecule has 0 saturated carbocycles. The highest BCUT2D eigenvalue weighted by molar-refractivity contribution is 5.72. The van der Waals surface area contributed by atoms with Crippen molar-refractivity contribution in [3.05, 3.63) is 85.1 Å². The predicted octanol–water partition coefficient (Wildman–Crippen LogP) is 14.9. The summed E-state index contributed by atoms with van der Waals surface area (Å²) in [5.41, 5.74) is 0. The summed E-state index contributed by atoms with van der Waals surface area (Å²) >= 11 is 0. The van der Waals surface area contributed by atoms with Crippen LogP contribution in [0.2, 0.25) is 0 Å². The van der Waals surface area contributed by atoms with Crippen molar-refractivity contribution in [2.24, 2.45) is 0 Å². The topological polar surface area (TPSA) is 78.9 Å². The summed E-state index contributed by atoms with van der Waals surface area (Å²) in [6.45, 7) is 6.23. The zero-order chi connectivity index (χ0) is 41.5. The van der Waals surface area contributed by atoms with Crippen LogP contribution >= 0.6 is 0 Å². The smallest absolute Gasteiger partial charge is 0.309 e. The summed E-state index contributed by atoms with van der Waals surface area (Å²) < 4.78 is 16.5. The molecule has 6 heteroatoms. The van der Waals surface area contributed by atoms with Gasteiger partial charge in [0.05, 0.1) is 6.42 Å². The Kier molecular flexibility index (Phi) is 42.6. The van der Waals surface area contributed by atoms with Crippen LogP contribution < -0.4 is 0 Å². The van der Waals surface area contributed by atoms with Crippen LogP contribution in [0.1, 0.15) is 201 Å². The molecular formula is C51H84O6. The van der Waals surface area contributed by atoms with Crippen LogP contribution in [-0.4, -0.2) is 37.2 Å². The van der Waals surface area contributed by atoms with Crippen molar-refractivity contribution in [1.82, 2.24) is 0 Å². The van der Waals surface area contributed by atoms with Gasteiger partial charge in [-0.1, -0.05) is 183 Å². The van der Waals surface area contributed by atoms with Gasteiger partial charge in [-0.3, -0.25) is 14.4 Å². The van der Waals surface area contributed by atoms with Crippen molar-refractivity contribution in [3.63, 3.8) is 0 Å². The third-order valence-corrected chi connectivity index (χ3v) is 9.40. The molecule has 0 saturated heterocycles. The van der Waals surface area contributed by atoms with Gasteiger partial charge in [-0.25, -0.2) is 0 Å². The predicted molar refractivity (Wildman–Crippen MR) is 242 cm³/mol. The second kappa shape index (κ2) is 45.3. The number of rotatable bonds is 40. The number of hydrogen-bond donors (Lipinski definition) is 0. The summed E-state index contributed by atoms with van der Waals surface area (Å²) in [5, 5.41) is 0. The third kappa shape index (κ3) is 43.6. The number of carbonyl (C=O) groups excluding carboxylic acids is 3. The van der Waals surface area contributed by atoms with Crippen LogP contribution in [0, 0.1) is 0 Å². The fourth-order valence-electron chi connectivity index (χ4n) is 5.99. The van der Waals surface area contributed by atoms with Crippen LogP contribution in [0.3, 0.4) is 0 Å². The van der Waals surface area contributed by atoms with Crippen molar-refractivity contribution in [2.75, 3.05) is 13.2 Å². The maximum Gasteiger partial charge on any atom is 0.309 e. The van der Waals surface area contributed by atoms with Gasteiger partial charge in [0.25, 0.3) is 0 Å². The lowest BCUT2D eigenvalue weighted by molar-refractivity contribution is -0.166. The monoisotopic (exact) mass is 793 g/mol. The Balaban J connectivity index is 4.39. The highest BCUT2D eigenvalue weighted by Gasteiger charge is 2.19. The molecule has 0 spiro atoms. The molecule has 0 aliphatic rings. The molecule has 0 aliphatic carbocycles. The van der Waals surface area contributed by atoms with Crippen molar-refractivity contribution in [2.45, 2.75) is 207 Å². The highest BCUT2D eigenvalue weighted by atomic mass is 16.6. The molecule has 0 aromatic heterocycles. The van der Waals surface area contributed by atoms with E-state index >= 15 is 0 Å². The Morgan fingerprint density at radius 1 is 0.386 bits per heavy atom. The molecule has 57 heavy (non-hydrogen) atoms. The summed E-state index contributed by atoms with van der Waals surface area (Å²) in [4.78, 5) is 37.6. The zero-order valence-corrected chi connectivity index (χ0v) is 36.8. The van der Waals surface area contributed by atoms with E-state index in [1.807, 2.05) is 6.08 Å². The van der Waals surface area contributed by atoms with Gasteiger partial charge in [0.15, 0.2) is 6.10 Å². The molecule has 0 aromatic carbocycles. The van der Waals surface area contributed by atoms with Gasteiger partial charge in [-0.15, -0.1) is 0 Å². The lowest BCUT2D eigenvalue weighted by Gasteiger charge is -2.18. The Morgan fingerprint density at radius 2 is 0.772 bits per heavy atom. The van der Waals surface area contributed by atoms with Gasteiger partial charge < -0.3 is 14.2 Å². The summed E-state index contributed by atoms with van der Waals surface area (Å²) in [6.07, 6.45) is 57.6. The second-order valence-corrected chi connectivity index (χ2v) is 14.9. The van der Waals surface area contributed by atoms with Crippen molar-refractivity contribution < 1.29 is 28.6 Å². The molecule has 0 amide bonds. The molecule has 0 aliphatic heterocycles. The third-order valence-electron chi connectivity index (χ3n) is 9.40. The second-order valence-electron chi connectivity index (χ2n) is 14.9. The van der Waals surface area contributed by atoms with E-state index in [1.165, 1.54) is 89.9 Å². The van der Waals surface area contributed by atoms with Gasteiger partial charge in [-0.2, -0.15) is 0 Å². The highest BCUT2D eigenvalue weighted by Crippen LogP contribution is 2.13. The molecule has 0 fully saturated rings. The average Bonchev–Trinajstić information content (AvgIpc) is 3.21. The van der Waals surface area contributed by atoms with Gasteiger partial charge in [-0.05, 0) is 83.5 Å². The number of unbranched alkanes of at least 4 members (excludes halogenated alkanes) is 16. The van der Waals surface area contributed by atoms with Crippen LogP contribution in [0.4, 0.5) is 0 Å². The normalized spacial score (nSPS) is 12.8. The average molecular weight is 793 g/mol. The number of hydrogen-bond acceptors (Lipinski definition) is 6. The molecule has 0 aromatic rings. The molecule has 0 heterocycles. The van der Waals surface area contributed by atoms with E-state index in [1.54, 1.807) is 6.08 Å². The van der Waals surface area contributed by atoms with Crippen LogP contribution in [0.15, 0.2) is 85.1 Å². The summed E-state index contributed by atoms with van der Waals surface area (Å²) in [5.74, 6) is -1.12. The lowest BCUT2D eigenvalue weighted by atomic mass is 10.1. The number of esters is 3. The number of ether oxygens (including phenoxy) is 3. The molecule has 0 bridgehead atoms. The van der Waals surface area contributed by atoms with Gasteiger partial charge >= 0.3 is 17.9 Å². The van der Waals surface area contributed by atoms with Gasteiger partial charge in [0, 0.05) is 12.8 Å². The first-order valence-corrected chi connectivity index (χ1v) is 23.1. The van der Waals surface area contributed by atoms with Crippen LogP contribution in [0.25, 0.3) is 0 Å². The Bertz CT molecular complexity index is 1140. The summed E-state index contributed by atoms with van der Waals surface area (Å²) in [7, 11) is 0. The standard InChI is InChI=1S/C51H84O6/c1-4-7-10-13-16-19-21-22-23-24-25-26-27-28-30-32-35-38-41-44-50(53)56-47-48(46-55-49(52)43-40-37-34-31-18-15-12-9-6-3)57-51(54)45-42-39-36-33-29-20-17-14-11-8-5-2/h8-9,11-12,17-18,20,24-25,31,33,36-37,40,48H,4-7,10,13-16,19,21-23,26-30,32,34-35,38-39,41-47H2,1-3H3/b11-8-,12-9-,20-17-,25-24-,31-18-,36-33-,40-37-. The summed E-state index contributed by atoms with van der Waals surface area (Å²) in [6, 6.07) is 0. The first-order chi connectivity index (χ1) is 28.0. The van der Waals surface area contributed by atoms with Crippen LogP contribution in [0.5, 0.6) is 0 Å². The molecular weight excluding hydrogens is 709 g/mol. The van der Waals surface area contributed by atoms with E-state index in [0.29, 0.717) is 12.8 Å². The SMILES string of the molecule is CC/C=C\C/C=C\C/C=C\CCCC(=O)OC(COC(=O)C/C=C\C/C=C\C/C=C\CC)COC(=O)CCCCCCCCC/C=C\CCCCCCCCCC. The maximum atomic E-state index is 12.6. The van der Waals surface area contributed by atoms with Gasteiger partial charge in [0.2, 0.25) is 0 Å². The molecule has 0 radical (unpaired) electrons. The first kappa shape index (κ1) is 53.6. The minimum Gasteiger partial charge on any atom is -0.462 e. The Labute approximate surface area is 350 Å². The Hall–Kier alpha value is -3.41. The van der Waals surface area contributed by atoms with Crippen LogP contribution in [-0.2, 0) is 28.6 Å². The van der Waals surface area contributed by atoms with E-state index in [-0.39, 0.29) is 32.0 Å². The minimum absolute atomic E-state index is 0.122.